The number of amides is 1. The number of tetrazole rings is 1. The fourth-order valence-electron chi connectivity index (χ4n) is 2.05. The minimum atomic E-state index is -0.638. The van der Waals surface area contributed by atoms with E-state index in [0.717, 1.165) is 16.1 Å². The van der Waals surface area contributed by atoms with Crippen LogP contribution in [-0.2, 0) is 4.79 Å². The predicted octanol–water partition coefficient (Wildman–Crippen LogP) is 1.97. The van der Waals surface area contributed by atoms with E-state index in [1.54, 1.807) is 0 Å². The van der Waals surface area contributed by atoms with Crippen LogP contribution in [0.15, 0.2) is 36.7 Å². The molecule has 8 heteroatoms. The van der Waals surface area contributed by atoms with E-state index >= 15 is 0 Å². The Morgan fingerprint density at radius 3 is 2.64 bits per heavy atom. The molecule has 3 aromatic rings. The summed E-state index contributed by atoms with van der Waals surface area (Å²) < 4.78 is 1.43. The summed E-state index contributed by atoms with van der Waals surface area (Å²) in [6, 6.07) is 8.73. The Labute approximate surface area is 131 Å². The second-order valence-electron chi connectivity index (χ2n) is 4.75. The van der Waals surface area contributed by atoms with Crippen molar-refractivity contribution < 1.29 is 4.79 Å². The van der Waals surface area contributed by atoms with Gasteiger partial charge in [0.2, 0.25) is 0 Å². The molecule has 0 unspecified atom stereocenters. The van der Waals surface area contributed by atoms with Crippen LogP contribution in [0.25, 0.3) is 0 Å². The van der Waals surface area contributed by atoms with Crippen LogP contribution in [0.1, 0.15) is 22.2 Å². The number of aryl methyl sites for hydroxylation is 2. The fraction of sp³-hybridized carbons (Fsp3) is 0.214. The molecule has 3 rings (SSSR count). The average molecular weight is 314 g/mol. The van der Waals surface area contributed by atoms with Gasteiger partial charge in [-0.3, -0.25) is 10.1 Å². The lowest BCUT2D eigenvalue weighted by molar-refractivity contribution is -0.118. The van der Waals surface area contributed by atoms with Crippen LogP contribution in [0.5, 0.6) is 0 Å². The third kappa shape index (κ3) is 2.86. The van der Waals surface area contributed by atoms with Gasteiger partial charge in [-0.1, -0.05) is 30.3 Å². The molecule has 0 radical (unpaired) electrons. The Kier molecular flexibility index (Phi) is 3.92. The molecule has 0 fully saturated rings. The van der Waals surface area contributed by atoms with E-state index in [0.29, 0.717) is 5.13 Å². The summed E-state index contributed by atoms with van der Waals surface area (Å²) >= 11 is 1.45. The van der Waals surface area contributed by atoms with Gasteiger partial charge >= 0.3 is 0 Å². The minimum absolute atomic E-state index is 0.229. The van der Waals surface area contributed by atoms with E-state index in [4.69, 9.17) is 0 Å². The van der Waals surface area contributed by atoms with Crippen LogP contribution >= 0.6 is 11.3 Å². The first-order valence-corrected chi connectivity index (χ1v) is 7.49. The van der Waals surface area contributed by atoms with Crippen molar-refractivity contribution in [1.29, 1.82) is 0 Å². The molecule has 0 saturated heterocycles. The predicted molar refractivity (Wildman–Crippen MR) is 82.6 cm³/mol. The zero-order valence-corrected chi connectivity index (χ0v) is 12.9. The summed E-state index contributed by atoms with van der Waals surface area (Å²) in [5, 5.41) is 14.5. The standard InChI is InChI=1S/C14H14N6OS/c1-9-10(2)22-14(16-9)17-13(21)12(20-8-15-18-19-20)11-6-4-3-5-7-11/h3-8,12H,1-2H3,(H,16,17,21)/t12-/m1/s1. The summed E-state index contributed by atoms with van der Waals surface area (Å²) in [6.45, 7) is 3.89. The van der Waals surface area contributed by atoms with E-state index in [1.165, 1.54) is 22.3 Å². The van der Waals surface area contributed by atoms with Crippen LogP contribution in [0.4, 0.5) is 5.13 Å². The van der Waals surface area contributed by atoms with Gasteiger partial charge in [-0.25, -0.2) is 9.67 Å². The van der Waals surface area contributed by atoms with Gasteiger partial charge in [0.1, 0.15) is 6.33 Å². The van der Waals surface area contributed by atoms with Crippen molar-refractivity contribution in [3.8, 4) is 0 Å². The summed E-state index contributed by atoms with van der Waals surface area (Å²) in [5.41, 5.74) is 1.72. The minimum Gasteiger partial charge on any atom is -0.300 e. The molecule has 0 aliphatic carbocycles. The number of hydrogen-bond donors (Lipinski definition) is 1. The quantitative estimate of drug-likeness (QED) is 0.796. The van der Waals surface area contributed by atoms with Crippen molar-refractivity contribution in [3.05, 3.63) is 52.8 Å². The molecule has 1 N–H and O–H groups in total. The Balaban J connectivity index is 1.91. The largest absolute Gasteiger partial charge is 0.300 e. The highest BCUT2D eigenvalue weighted by atomic mass is 32.1. The van der Waals surface area contributed by atoms with Gasteiger partial charge < -0.3 is 0 Å². The number of carbonyl (C=O) groups excluding carboxylic acids is 1. The number of anilines is 1. The van der Waals surface area contributed by atoms with Crippen LogP contribution < -0.4 is 5.32 Å². The number of rotatable bonds is 4. The molecular weight excluding hydrogens is 300 g/mol. The Morgan fingerprint density at radius 2 is 2.05 bits per heavy atom. The first-order chi connectivity index (χ1) is 10.6. The second kappa shape index (κ2) is 6.02. The first kappa shape index (κ1) is 14.3. The number of thiazole rings is 1. The molecule has 0 aliphatic rings. The normalized spacial score (nSPS) is 12.1. The van der Waals surface area contributed by atoms with Gasteiger partial charge in [-0.15, -0.1) is 16.4 Å². The molecule has 0 spiro atoms. The van der Waals surface area contributed by atoms with Gasteiger partial charge in [0.25, 0.3) is 5.91 Å². The van der Waals surface area contributed by atoms with Gasteiger partial charge in [0.15, 0.2) is 11.2 Å². The number of nitrogens with zero attached hydrogens (tertiary/aromatic N) is 5. The van der Waals surface area contributed by atoms with Crippen LogP contribution in [-0.4, -0.2) is 31.1 Å². The highest BCUT2D eigenvalue weighted by Crippen LogP contribution is 2.24. The molecule has 1 amide bonds. The smallest absolute Gasteiger partial charge is 0.255 e. The van der Waals surface area contributed by atoms with Crippen LogP contribution in [0.3, 0.4) is 0 Å². The van der Waals surface area contributed by atoms with Crippen molar-refractivity contribution >= 4 is 22.4 Å². The number of aromatic nitrogens is 5. The number of nitrogens with one attached hydrogen (secondary N) is 1. The van der Waals surface area contributed by atoms with Gasteiger partial charge in [-0.2, -0.15) is 0 Å². The van der Waals surface area contributed by atoms with E-state index in [-0.39, 0.29) is 5.91 Å². The van der Waals surface area contributed by atoms with E-state index in [1.807, 2.05) is 44.2 Å². The molecule has 2 aromatic heterocycles. The number of carbonyl (C=O) groups is 1. The lowest BCUT2D eigenvalue weighted by Crippen LogP contribution is -2.27. The second-order valence-corrected chi connectivity index (χ2v) is 5.96. The highest BCUT2D eigenvalue weighted by molar-refractivity contribution is 7.15. The maximum absolute atomic E-state index is 12.7. The molecule has 1 atom stereocenters. The van der Waals surface area contributed by atoms with Crippen molar-refractivity contribution in [2.75, 3.05) is 5.32 Å². The topological polar surface area (TPSA) is 85.6 Å². The summed E-state index contributed by atoms with van der Waals surface area (Å²) in [7, 11) is 0. The molecule has 1 aromatic carbocycles. The summed E-state index contributed by atoms with van der Waals surface area (Å²) in [6.07, 6.45) is 1.43. The highest BCUT2D eigenvalue weighted by Gasteiger charge is 2.24. The zero-order chi connectivity index (χ0) is 15.5. The number of hydrogen-bond acceptors (Lipinski definition) is 6. The van der Waals surface area contributed by atoms with Crippen molar-refractivity contribution in [1.82, 2.24) is 25.2 Å². The first-order valence-electron chi connectivity index (χ1n) is 6.67. The van der Waals surface area contributed by atoms with E-state index < -0.39 is 6.04 Å². The molecule has 0 bridgehead atoms. The zero-order valence-electron chi connectivity index (χ0n) is 12.1. The Morgan fingerprint density at radius 1 is 1.27 bits per heavy atom. The number of benzene rings is 1. The SMILES string of the molecule is Cc1nc(NC(=O)[C@@H](c2ccccc2)n2cnnn2)sc1C. The molecule has 112 valence electrons. The maximum atomic E-state index is 12.7. The van der Waals surface area contributed by atoms with Crippen LogP contribution in [0.2, 0.25) is 0 Å². The van der Waals surface area contributed by atoms with Gasteiger partial charge in [0, 0.05) is 4.88 Å². The molecule has 22 heavy (non-hydrogen) atoms. The monoisotopic (exact) mass is 314 g/mol. The lowest BCUT2D eigenvalue weighted by Gasteiger charge is -2.15. The van der Waals surface area contributed by atoms with Crippen LogP contribution in [0, 0.1) is 13.8 Å². The Bertz CT molecular complexity index is 748. The van der Waals surface area contributed by atoms with Gasteiger partial charge in [0.05, 0.1) is 5.69 Å². The van der Waals surface area contributed by atoms with Gasteiger partial charge in [-0.05, 0) is 29.8 Å². The van der Waals surface area contributed by atoms with Crippen molar-refractivity contribution in [3.63, 3.8) is 0 Å². The molecular formula is C14H14N6OS. The van der Waals surface area contributed by atoms with Crippen molar-refractivity contribution in [2.24, 2.45) is 0 Å². The molecule has 2 heterocycles. The average Bonchev–Trinajstić information content (AvgIpc) is 3.12. The summed E-state index contributed by atoms with van der Waals surface area (Å²) in [5.74, 6) is -0.229. The fourth-order valence-corrected chi connectivity index (χ4v) is 2.86. The Hall–Kier alpha value is -2.61. The van der Waals surface area contributed by atoms with E-state index in [2.05, 4.69) is 25.8 Å². The third-order valence-electron chi connectivity index (χ3n) is 3.25. The van der Waals surface area contributed by atoms with Crippen molar-refractivity contribution in [2.45, 2.75) is 19.9 Å². The molecule has 0 aliphatic heterocycles. The molecule has 0 saturated carbocycles. The van der Waals surface area contributed by atoms with E-state index in [9.17, 15) is 4.79 Å². The third-order valence-corrected chi connectivity index (χ3v) is 4.24. The maximum Gasteiger partial charge on any atom is 0.255 e. The lowest BCUT2D eigenvalue weighted by atomic mass is 10.1. The molecule has 7 nitrogen and oxygen atoms in total. The summed E-state index contributed by atoms with van der Waals surface area (Å²) in [4.78, 5) is 18.1.